The third-order valence-electron chi connectivity index (χ3n) is 3.26. The minimum absolute atomic E-state index is 0.349. The van der Waals surface area contributed by atoms with E-state index in [1.165, 1.54) is 0 Å². The van der Waals surface area contributed by atoms with Crippen LogP contribution in [0.1, 0.15) is 25.6 Å². The molecular formula is C15H20ClN3OS. The number of rotatable bonds is 7. The van der Waals surface area contributed by atoms with E-state index in [9.17, 15) is 0 Å². The van der Waals surface area contributed by atoms with Crippen LogP contribution in [-0.4, -0.2) is 23.2 Å². The number of likely N-dealkylation sites (N-methyl/N-ethyl adjacent to an activating group) is 1. The molecule has 114 valence electrons. The number of benzene rings is 1. The zero-order valence-electron chi connectivity index (χ0n) is 12.5. The Bertz CT molecular complexity index is 556. The van der Waals surface area contributed by atoms with E-state index in [-0.39, 0.29) is 0 Å². The summed E-state index contributed by atoms with van der Waals surface area (Å²) in [4.78, 5) is 5.59. The third kappa shape index (κ3) is 5.02. The van der Waals surface area contributed by atoms with Crippen LogP contribution in [0.2, 0.25) is 5.02 Å². The largest absolute Gasteiger partial charge is 0.339 e. The molecule has 0 aliphatic rings. The summed E-state index contributed by atoms with van der Waals surface area (Å²) >= 11 is 7.53. The van der Waals surface area contributed by atoms with Crippen LogP contribution in [0.4, 0.5) is 0 Å². The highest BCUT2D eigenvalue weighted by Crippen LogP contribution is 2.23. The summed E-state index contributed by atoms with van der Waals surface area (Å²) in [5.74, 6) is 2.63. The molecule has 1 heterocycles. The van der Waals surface area contributed by atoms with Gasteiger partial charge in [-0.3, -0.25) is 0 Å². The molecule has 2 rings (SSSR count). The van der Waals surface area contributed by atoms with Crippen molar-refractivity contribution in [1.29, 1.82) is 0 Å². The maximum atomic E-state index is 5.86. The van der Waals surface area contributed by atoms with Gasteiger partial charge in [-0.15, -0.1) is 11.8 Å². The lowest BCUT2D eigenvalue weighted by atomic mass is 10.0. The lowest BCUT2D eigenvalue weighted by molar-refractivity contribution is 0.333. The highest BCUT2D eigenvalue weighted by molar-refractivity contribution is 7.98. The summed E-state index contributed by atoms with van der Waals surface area (Å²) in [7, 11) is 1.96. The number of halogens is 1. The van der Waals surface area contributed by atoms with Gasteiger partial charge in [0.25, 0.3) is 0 Å². The summed E-state index contributed by atoms with van der Waals surface area (Å²) in [6, 6.07) is 8.09. The predicted molar refractivity (Wildman–Crippen MR) is 86.7 cm³/mol. The molecule has 0 spiro atoms. The highest BCUT2D eigenvalue weighted by atomic mass is 35.5. The smallest absolute Gasteiger partial charge is 0.228 e. The van der Waals surface area contributed by atoms with Crippen LogP contribution < -0.4 is 5.32 Å². The normalized spacial score (nSPS) is 12.8. The van der Waals surface area contributed by atoms with Crippen LogP contribution in [0.5, 0.6) is 0 Å². The Morgan fingerprint density at radius 1 is 1.29 bits per heavy atom. The highest BCUT2D eigenvalue weighted by Gasteiger charge is 2.16. The van der Waals surface area contributed by atoms with E-state index in [1.54, 1.807) is 11.8 Å². The molecule has 1 atom stereocenters. The van der Waals surface area contributed by atoms with Crippen molar-refractivity contribution in [3.63, 3.8) is 0 Å². The van der Waals surface area contributed by atoms with E-state index in [4.69, 9.17) is 16.1 Å². The third-order valence-corrected chi connectivity index (χ3v) is 4.52. The molecule has 1 unspecified atom stereocenters. The van der Waals surface area contributed by atoms with Crippen molar-refractivity contribution >= 4 is 23.4 Å². The van der Waals surface area contributed by atoms with E-state index < -0.39 is 0 Å². The quantitative estimate of drug-likeness (QED) is 0.785. The van der Waals surface area contributed by atoms with Gasteiger partial charge in [0.1, 0.15) is 0 Å². The van der Waals surface area contributed by atoms with Crippen LogP contribution >= 0.6 is 23.4 Å². The molecule has 6 heteroatoms. The van der Waals surface area contributed by atoms with Crippen molar-refractivity contribution in [2.45, 2.75) is 37.0 Å². The first-order valence-electron chi connectivity index (χ1n) is 6.95. The number of hydrogen-bond donors (Lipinski definition) is 1. The Morgan fingerprint density at radius 3 is 2.62 bits per heavy atom. The Hall–Kier alpha value is -1.04. The monoisotopic (exact) mass is 325 g/mol. The maximum absolute atomic E-state index is 5.86. The minimum Gasteiger partial charge on any atom is -0.339 e. The van der Waals surface area contributed by atoms with Gasteiger partial charge in [-0.25, -0.2) is 0 Å². The fraction of sp³-hybridized carbons (Fsp3) is 0.467. The van der Waals surface area contributed by atoms with Crippen molar-refractivity contribution in [2.75, 3.05) is 7.05 Å². The average Bonchev–Trinajstić information content (AvgIpc) is 2.91. The van der Waals surface area contributed by atoms with E-state index >= 15 is 0 Å². The van der Waals surface area contributed by atoms with Crippen molar-refractivity contribution in [2.24, 2.45) is 5.92 Å². The first kappa shape index (κ1) is 16.3. The average molecular weight is 326 g/mol. The molecular weight excluding hydrogens is 306 g/mol. The minimum atomic E-state index is 0.349. The molecule has 1 aromatic heterocycles. The Kier molecular flexibility index (Phi) is 6.08. The molecule has 1 aromatic carbocycles. The van der Waals surface area contributed by atoms with E-state index in [0.29, 0.717) is 23.6 Å². The molecule has 2 aromatic rings. The first-order chi connectivity index (χ1) is 10.1. The summed E-state index contributed by atoms with van der Waals surface area (Å²) in [6.07, 6.45) is 0.757. The van der Waals surface area contributed by atoms with Gasteiger partial charge >= 0.3 is 0 Å². The fourth-order valence-electron chi connectivity index (χ4n) is 1.97. The van der Waals surface area contributed by atoms with E-state index in [1.807, 2.05) is 31.3 Å². The predicted octanol–water partition coefficient (Wildman–Crippen LogP) is 3.80. The second-order valence-corrected chi connectivity index (χ2v) is 6.68. The van der Waals surface area contributed by atoms with Gasteiger partial charge in [0.2, 0.25) is 5.89 Å². The van der Waals surface area contributed by atoms with E-state index in [0.717, 1.165) is 22.2 Å². The number of nitrogens with zero attached hydrogens (tertiary/aromatic N) is 2. The standard InChI is InChI=1S/C15H20ClN3OS/c1-10(2)13(17-3)8-15-18-14(19-20-15)9-21-12-6-4-11(16)5-7-12/h4-7,10,13,17H,8-9H2,1-3H3. The first-order valence-corrected chi connectivity index (χ1v) is 8.32. The molecule has 0 aliphatic heterocycles. The molecule has 0 fully saturated rings. The molecule has 0 aliphatic carbocycles. The van der Waals surface area contributed by atoms with Gasteiger partial charge in [-0.05, 0) is 37.2 Å². The lowest BCUT2D eigenvalue weighted by Crippen LogP contribution is -2.32. The van der Waals surface area contributed by atoms with E-state index in [2.05, 4.69) is 29.3 Å². The number of thioether (sulfide) groups is 1. The Morgan fingerprint density at radius 2 is 2.00 bits per heavy atom. The summed E-state index contributed by atoms with van der Waals surface area (Å²) in [6.45, 7) is 4.35. The van der Waals surface area contributed by atoms with Crippen LogP contribution in [0, 0.1) is 5.92 Å². The van der Waals surface area contributed by atoms with Crippen molar-refractivity contribution in [3.8, 4) is 0 Å². The summed E-state index contributed by atoms with van der Waals surface area (Å²) in [5, 5.41) is 8.06. The number of nitrogens with one attached hydrogen (secondary N) is 1. The maximum Gasteiger partial charge on any atom is 0.228 e. The Balaban J connectivity index is 1.89. The molecule has 0 bridgehead atoms. The van der Waals surface area contributed by atoms with Gasteiger partial charge in [-0.1, -0.05) is 30.6 Å². The fourth-order valence-corrected chi connectivity index (χ4v) is 2.84. The van der Waals surface area contributed by atoms with Gasteiger partial charge in [0.15, 0.2) is 5.82 Å². The van der Waals surface area contributed by atoms with Crippen LogP contribution in [0.25, 0.3) is 0 Å². The topological polar surface area (TPSA) is 51.0 Å². The van der Waals surface area contributed by atoms with Crippen molar-refractivity contribution in [3.05, 3.63) is 41.0 Å². The van der Waals surface area contributed by atoms with Crippen LogP contribution in [-0.2, 0) is 12.2 Å². The van der Waals surface area contributed by atoms with Gasteiger partial charge in [0.05, 0.1) is 5.75 Å². The second-order valence-electron chi connectivity index (χ2n) is 5.19. The molecule has 0 radical (unpaired) electrons. The molecule has 0 amide bonds. The number of aromatic nitrogens is 2. The summed E-state index contributed by atoms with van der Waals surface area (Å²) in [5.41, 5.74) is 0. The lowest BCUT2D eigenvalue weighted by Gasteiger charge is -2.17. The zero-order valence-corrected chi connectivity index (χ0v) is 14.0. The molecule has 1 N–H and O–H groups in total. The number of hydrogen-bond acceptors (Lipinski definition) is 5. The SMILES string of the molecule is CNC(Cc1nc(CSc2ccc(Cl)cc2)no1)C(C)C. The summed E-state index contributed by atoms with van der Waals surface area (Å²) < 4.78 is 5.32. The van der Waals surface area contributed by atoms with Gasteiger partial charge in [0, 0.05) is 22.4 Å². The molecule has 0 saturated carbocycles. The van der Waals surface area contributed by atoms with Crippen molar-refractivity contribution in [1.82, 2.24) is 15.5 Å². The van der Waals surface area contributed by atoms with Gasteiger partial charge < -0.3 is 9.84 Å². The van der Waals surface area contributed by atoms with Crippen LogP contribution in [0.3, 0.4) is 0 Å². The van der Waals surface area contributed by atoms with Crippen molar-refractivity contribution < 1.29 is 4.52 Å². The van der Waals surface area contributed by atoms with Crippen LogP contribution in [0.15, 0.2) is 33.7 Å². The second kappa shape index (κ2) is 7.82. The molecule has 21 heavy (non-hydrogen) atoms. The van der Waals surface area contributed by atoms with Gasteiger partial charge in [-0.2, -0.15) is 4.98 Å². The molecule has 0 saturated heterocycles. The zero-order chi connectivity index (χ0) is 15.2. The Labute approximate surface area is 134 Å². The molecule has 4 nitrogen and oxygen atoms in total.